The smallest absolute Gasteiger partial charge is 0.154 e. The van der Waals surface area contributed by atoms with Crippen LogP contribution >= 0.6 is 0 Å². The Labute approximate surface area is 277 Å². The van der Waals surface area contributed by atoms with Crippen LogP contribution in [0.2, 0.25) is 0 Å². The van der Waals surface area contributed by atoms with Crippen molar-refractivity contribution in [3.8, 4) is 28.6 Å². The number of hydrogen-bond acceptors (Lipinski definition) is 1. The Morgan fingerprint density at radius 3 is 2.07 bits per heavy atom. The second kappa shape index (κ2) is 8.68. The number of aromatic nitrogens is 3. The van der Waals surface area contributed by atoms with Gasteiger partial charge in [0.1, 0.15) is 0 Å². The molecule has 0 fully saturated rings. The molecule has 0 saturated carbocycles. The highest BCUT2D eigenvalue weighted by Gasteiger charge is 2.26. The molecule has 214 valence electrons. The van der Waals surface area contributed by atoms with E-state index in [2.05, 4.69) is 16.7 Å². The van der Waals surface area contributed by atoms with Crippen molar-refractivity contribution in [2.45, 2.75) is 0 Å². The first kappa shape index (κ1) is 16.7. The van der Waals surface area contributed by atoms with Crippen LogP contribution in [-0.4, -0.2) is 13.7 Å². The topological polar surface area (TPSA) is 24.0 Å². The third kappa shape index (κ3) is 2.98. The van der Waals surface area contributed by atoms with E-state index >= 15 is 0 Å². The molecule has 10 aromatic rings. The molecule has 0 aliphatic carbocycles. The fraction of sp³-hybridized carbons (Fsp3) is 0. The van der Waals surface area contributed by atoms with Crippen molar-refractivity contribution < 1.29 is 18.4 Å². The summed E-state index contributed by atoms with van der Waals surface area (Å²) in [6.45, 7) is 0. The van der Waals surface area contributed by atoms with Gasteiger partial charge in [-0.3, -0.25) is 0 Å². The molecule has 7 aromatic carbocycles. The van der Waals surface area contributed by atoms with E-state index in [1.54, 1.807) is 0 Å². The van der Waals surface area contributed by atoms with E-state index in [-0.39, 0.29) is 56.8 Å². The van der Waals surface area contributed by atoms with Gasteiger partial charge in [-0.25, -0.2) is 0 Å². The minimum atomic E-state index is -0.561. The predicted octanol–water partition coefficient (Wildman–Crippen LogP) is 11.1. The van der Waals surface area contributed by atoms with Gasteiger partial charge in [-0.2, -0.15) is 0 Å². The molecule has 4 heteroatoms. The first-order chi connectivity index (χ1) is 27.0. The molecule has 1 aliphatic rings. The molecule has 0 amide bonds. The van der Waals surface area contributed by atoms with Gasteiger partial charge in [0.25, 0.3) is 0 Å². The van der Waals surface area contributed by atoms with E-state index < -0.39 is 48.3 Å². The van der Waals surface area contributed by atoms with Crippen molar-refractivity contribution in [2.24, 2.45) is 0 Å². The largest absolute Gasteiger partial charge is 0.453 e. The molecule has 0 radical (unpaired) electrons. The molecular weight excluding hydrogens is 562 g/mol. The summed E-state index contributed by atoms with van der Waals surface area (Å²) in [5.41, 5.74) is 4.08. The summed E-state index contributed by atoms with van der Waals surface area (Å²) in [7, 11) is 0. The maximum atomic E-state index is 10.0. The Morgan fingerprint density at radius 1 is 0.435 bits per heavy atom. The summed E-state index contributed by atoms with van der Waals surface area (Å²) in [6.07, 6.45) is 0. The molecule has 0 unspecified atom stereocenters. The van der Waals surface area contributed by atoms with Crippen LogP contribution < -0.4 is 4.74 Å². The zero-order valence-electron chi connectivity index (χ0n) is 33.9. The lowest BCUT2D eigenvalue weighted by Crippen LogP contribution is -2.05. The molecule has 4 nitrogen and oxygen atoms in total. The number of ether oxygens (including phenoxy) is 1. The molecule has 0 spiro atoms. The normalized spacial score (nSPS) is 15.6. The van der Waals surface area contributed by atoms with Gasteiger partial charge in [-0.1, -0.05) is 90.9 Å². The Kier molecular flexibility index (Phi) is 3.15. The predicted molar refractivity (Wildman–Crippen MR) is 190 cm³/mol. The van der Waals surface area contributed by atoms with Gasteiger partial charge in [0.2, 0.25) is 0 Å². The van der Waals surface area contributed by atoms with Crippen LogP contribution in [0, 0.1) is 0 Å². The van der Waals surface area contributed by atoms with Crippen molar-refractivity contribution in [1.29, 1.82) is 0 Å². The van der Waals surface area contributed by atoms with Crippen LogP contribution in [0.5, 0.6) is 11.5 Å². The minimum absolute atomic E-state index is 0.0195. The third-order valence-electron chi connectivity index (χ3n) is 9.06. The van der Waals surface area contributed by atoms with Crippen LogP contribution in [0.25, 0.3) is 82.5 Å². The van der Waals surface area contributed by atoms with Gasteiger partial charge >= 0.3 is 0 Å². The third-order valence-corrected chi connectivity index (χ3v) is 9.06. The molecule has 0 bridgehead atoms. The van der Waals surface area contributed by atoms with Gasteiger partial charge in [0, 0.05) is 44.0 Å². The van der Waals surface area contributed by atoms with Gasteiger partial charge in [0.15, 0.2) is 11.5 Å². The van der Waals surface area contributed by atoms with Crippen molar-refractivity contribution in [1.82, 2.24) is 13.7 Å². The molecular formula is C42H25N3O. The first-order valence-electron chi connectivity index (χ1n) is 19.9. The molecule has 0 N–H and O–H groups in total. The summed E-state index contributed by atoms with van der Waals surface area (Å²) in [6, 6.07) is 25.3. The standard InChI is InChI=1S/C42H25N3O/c1-2-12-26(13-3-1)43-35-19-9-6-16-31(35)40-37(43)23-22-30-28-14-4-7-17-33(28)44(42(30)40)27-24-32-29-15-5-8-18-34(29)45-36-20-10-11-21-38(36)46-39(25-27)41(32)45/h1-25H/i5D,8D,10D,11D,15D,18D,20D,21D,24D,25D. The second-order valence-electron chi connectivity index (χ2n) is 11.4. The highest BCUT2D eigenvalue weighted by molar-refractivity contribution is 6.26. The minimum Gasteiger partial charge on any atom is -0.453 e. The molecule has 1 aliphatic heterocycles. The Bertz CT molecular complexity index is 3460. The maximum Gasteiger partial charge on any atom is 0.154 e. The Morgan fingerprint density at radius 2 is 1.17 bits per heavy atom. The number of nitrogens with zero attached hydrogens (tertiary/aromatic N) is 3. The maximum absolute atomic E-state index is 10.0. The number of fused-ring (bicyclic) bond motifs is 12. The Balaban J connectivity index is 1.40. The number of para-hydroxylation sites is 6. The van der Waals surface area contributed by atoms with Crippen LogP contribution in [-0.2, 0) is 0 Å². The van der Waals surface area contributed by atoms with Crippen LogP contribution in [0.3, 0.4) is 0 Å². The first-order valence-corrected chi connectivity index (χ1v) is 14.9. The molecule has 4 heterocycles. The summed E-state index contributed by atoms with van der Waals surface area (Å²) in [5, 5.41) is 3.58. The van der Waals surface area contributed by atoms with E-state index in [0.717, 1.165) is 38.3 Å². The Hall–Kier alpha value is -6.26. The molecule has 0 atom stereocenters. The van der Waals surface area contributed by atoms with Crippen molar-refractivity contribution in [3.05, 3.63) is 151 Å². The van der Waals surface area contributed by atoms with Crippen LogP contribution in [0.15, 0.2) is 151 Å². The van der Waals surface area contributed by atoms with Crippen molar-refractivity contribution >= 4 is 65.4 Å². The molecule has 11 rings (SSSR count). The van der Waals surface area contributed by atoms with E-state index in [0.29, 0.717) is 11.0 Å². The van der Waals surface area contributed by atoms with Crippen LogP contribution in [0.4, 0.5) is 0 Å². The molecule has 46 heavy (non-hydrogen) atoms. The van der Waals surface area contributed by atoms with E-state index in [9.17, 15) is 2.74 Å². The number of hydrogen-bond donors (Lipinski definition) is 0. The fourth-order valence-corrected chi connectivity index (χ4v) is 7.28. The van der Waals surface area contributed by atoms with Gasteiger partial charge < -0.3 is 18.4 Å². The summed E-state index contributed by atoms with van der Waals surface area (Å²) in [4.78, 5) is 0. The van der Waals surface area contributed by atoms with E-state index in [4.69, 9.17) is 15.7 Å². The lowest BCUT2D eigenvalue weighted by molar-refractivity contribution is 0.476. The van der Waals surface area contributed by atoms with Gasteiger partial charge in [-0.05, 0) is 54.5 Å². The molecule has 0 saturated heterocycles. The SMILES string of the molecule is [2H]c1c([2H])c([2H])c2c(c1[2H])Oc1c([2H])c(-n3c4ccccc4c4ccc5c(c6ccccc6n5-c5ccccc5)c43)c([2H])c3c4c([2H])c([2H])c([2H])c([2H])c4n-2c13. The van der Waals surface area contributed by atoms with E-state index in [1.165, 1.54) is 4.57 Å². The zero-order chi connectivity index (χ0) is 38.6. The van der Waals surface area contributed by atoms with Gasteiger partial charge in [-0.15, -0.1) is 0 Å². The molecule has 3 aromatic heterocycles. The quantitative estimate of drug-likeness (QED) is 0.194. The van der Waals surface area contributed by atoms with Crippen LogP contribution in [0.1, 0.15) is 13.7 Å². The average molecular weight is 598 g/mol. The van der Waals surface area contributed by atoms with Gasteiger partial charge in [0.05, 0.1) is 58.2 Å². The lowest BCUT2D eigenvalue weighted by atomic mass is 10.1. The van der Waals surface area contributed by atoms with E-state index in [1.807, 2.05) is 83.4 Å². The van der Waals surface area contributed by atoms with Crippen molar-refractivity contribution in [3.63, 3.8) is 0 Å². The second-order valence-corrected chi connectivity index (χ2v) is 11.4. The number of rotatable bonds is 2. The summed E-state index contributed by atoms with van der Waals surface area (Å²) < 4.78 is 102. The highest BCUT2D eigenvalue weighted by Crippen LogP contribution is 2.48. The lowest BCUT2D eigenvalue weighted by Gasteiger charge is -2.22. The number of benzene rings is 7. The average Bonchev–Trinajstić information content (AvgIpc) is 3.87. The fourth-order valence-electron chi connectivity index (χ4n) is 7.28. The van der Waals surface area contributed by atoms with Crippen molar-refractivity contribution in [2.75, 3.05) is 0 Å². The summed E-state index contributed by atoms with van der Waals surface area (Å²) in [5.74, 6) is -0.427. The monoisotopic (exact) mass is 597 g/mol. The summed E-state index contributed by atoms with van der Waals surface area (Å²) >= 11 is 0. The zero-order valence-corrected chi connectivity index (χ0v) is 23.9. The highest BCUT2D eigenvalue weighted by atomic mass is 16.5.